The molecule has 1 saturated carbocycles. The van der Waals surface area contributed by atoms with Crippen molar-refractivity contribution in [3.05, 3.63) is 23.8 Å². The van der Waals surface area contributed by atoms with Crippen LogP contribution in [0.1, 0.15) is 45.1 Å². The minimum atomic E-state index is 0.528. The number of nitrogens with one attached hydrogen (secondary N) is 1. The summed E-state index contributed by atoms with van der Waals surface area (Å²) in [6.07, 6.45) is 5.42. The van der Waals surface area contributed by atoms with E-state index in [1.165, 1.54) is 55.7 Å². The summed E-state index contributed by atoms with van der Waals surface area (Å²) in [5.41, 5.74) is 4.61. The van der Waals surface area contributed by atoms with E-state index in [1.54, 1.807) is 0 Å². The largest absolute Gasteiger partial charge is 0.382 e. The zero-order valence-corrected chi connectivity index (χ0v) is 12.5. The van der Waals surface area contributed by atoms with Crippen molar-refractivity contribution in [2.45, 2.75) is 52.5 Å². The summed E-state index contributed by atoms with van der Waals surface area (Å²) in [7, 11) is 0. The Morgan fingerprint density at radius 1 is 1.21 bits per heavy atom. The fourth-order valence-corrected chi connectivity index (χ4v) is 3.02. The van der Waals surface area contributed by atoms with Crippen LogP contribution in [0.3, 0.4) is 0 Å². The van der Waals surface area contributed by atoms with Crippen LogP contribution in [0.2, 0.25) is 0 Å². The third-order valence-electron chi connectivity index (χ3n) is 5.14. The maximum atomic E-state index is 3.71. The highest BCUT2D eigenvalue weighted by Crippen LogP contribution is 2.49. The van der Waals surface area contributed by atoms with Crippen molar-refractivity contribution in [1.82, 2.24) is 0 Å². The van der Waals surface area contributed by atoms with E-state index < -0.39 is 0 Å². The fraction of sp³-hybridized carbons (Fsp3) is 0.647. The molecule has 1 N–H and O–H groups in total. The summed E-state index contributed by atoms with van der Waals surface area (Å²) < 4.78 is 0. The molecule has 1 aromatic rings. The molecule has 0 spiro atoms. The van der Waals surface area contributed by atoms with Gasteiger partial charge in [-0.2, -0.15) is 0 Å². The molecule has 0 amide bonds. The molecule has 1 unspecified atom stereocenters. The highest BCUT2D eigenvalue weighted by atomic mass is 15.1. The molecule has 2 nitrogen and oxygen atoms in total. The first-order valence-electron chi connectivity index (χ1n) is 7.71. The Bertz CT molecular complexity index is 456. The van der Waals surface area contributed by atoms with Gasteiger partial charge in [0, 0.05) is 30.5 Å². The maximum Gasteiger partial charge on any atom is 0.0373 e. The van der Waals surface area contributed by atoms with E-state index in [4.69, 9.17) is 0 Å². The van der Waals surface area contributed by atoms with E-state index in [9.17, 15) is 0 Å². The Kier molecular flexibility index (Phi) is 3.20. The lowest BCUT2D eigenvalue weighted by molar-refractivity contribution is 0.493. The minimum absolute atomic E-state index is 0.528. The van der Waals surface area contributed by atoms with Crippen LogP contribution < -0.4 is 10.2 Å². The highest BCUT2D eigenvalue weighted by molar-refractivity contribution is 5.61. The molecule has 0 aromatic heterocycles. The summed E-state index contributed by atoms with van der Waals surface area (Å²) in [5, 5.41) is 3.71. The van der Waals surface area contributed by atoms with Crippen LogP contribution >= 0.6 is 0 Å². The minimum Gasteiger partial charge on any atom is -0.382 e. The Balaban J connectivity index is 1.72. The standard InChI is InChI=1S/C17H26N2/c1-13-12-15(19-10-4-5-11-19)6-7-16(13)18-14(2)17(3)8-9-17/h6-7,12,14,18H,4-5,8-11H2,1-3H3. The van der Waals surface area contributed by atoms with Gasteiger partial charge in [0.15, 0.2) is 0 Å². The van der Waals surface area contributed by atoms with Gasteiger partial charge in [0.05, 0.1) is 0 Å². The lowest BCUT2D eigenvalue weighted by Crippen LogP contribution is -2.25. The molecule has 0 radical (unpaired) electrons. The van der Waals surface area contributed by atoms with Gasteiger partial charge in [-0.1, -0.05) is 6.92 Å². The smallest absolute Gasteiger partial charge is 0.0373 e. The average molecular weight is 258 g/mol. The maximum absolute atomic E-state index is 3.71. The van der Waals surface area contributed by atoms with Crippen LogP contribution in [-0.4, -0.2) is 19.1 Å². The van der Waals surface area contributed by atoms with E-state index >= 15 is 0 Å². The van der Waals surface area contributed by atoms with Gasteiger partial charge in [-0.05, 0) is 68.7 Å². The van der Waals surface area contributed by atoms with Crippen molar-refractivity contribution in [3.8, 4) is 0 Å². The van der Waals surface area contributed by atoms with E-state index in [1.807, 2.05) is 0 Å². The van der Waals surface area contributed by atoms with Gasteiger partial charge in [0.25, 0.3) is 0 Å². The summed E-state index contributed by atoms with van der Waals surface area (Å²) >= 11 is 0. The molecule has 1 atom stereocenters. The topological polar surface area (TPSA) is 15.3 Å². The van der Waals surface area contributed by atoms with E-state index in [0.29, 0.717) is 11.5 Å². The predicted octanol–water partition coefficient (Wildman–Crippen LogP) is 4.20. The zero-order valence-electron chi connectivity index (χ0n) is 12.5. The highest BCUT2D eigenvalue weighted by Gasteiger charge is 2.42. The zero-order chi connectivity index (χ0) is 13.5. The summed E-state index contributed by atoms with van der Waals surface area (Å²) in [5.74, 6) is 0. The molecule has 2 fully saturated rings. The first-order chi connectivity index (χ1) is 9.08. The van der Waals surface area contributed by atoms with Crippen molar-refractivity contribution < 1.29 is 0 Å². The van der Waals surface area contributed by atoms with Crippen molar-refractivity contribution in [3.63, 3.8) is 0 Å². The number of hydrogen-bond donors (Lipinski definition) is 1. The second-order valence-electron chi connectivity index (χ2n) is 6.71. The van der Waals surface area contributed by atoms with Gasteiger partial charge in [-0.3, -0.25) is 0 Å². The monoisotopic (exact) mass is 258 g/mol. The predicted molar refractivity (Wildman–Crippen MR) is 83.1 cm³/mol. The van der Waals surface area contributed by atoms with Gasteiger partial charge in [-0.25, -0.2) is 0 Å². The number of hydrogen-bond acceptors (Lipinski definition) is 2. The average Bonchev–Trinajstić information content (AvgIpc) is 2.94. The van der Waals surface area contributed by atoms with E-state index in [-0.39, 0.29) is 0 Å². The normalized spacial score (nSPS) is 22.4. The fourth-order valence-electron chi connectivity index (χ4n) is 3.02. The third-order valence-corrected chi connectivity index (χ3v) is 5.14. The van der Waals surface area contributed by atoms with Crippen LogP contribution in [0, 0.1) is 12.3 Å². The Labute approximate surface area is 117 Å². The molecule has 3 rings (SSSR count). The van der Waals surface area contributed by atoms with Crippen molar-refractivity contribution in [1.29, 1.82) is 0 Å². The van der Waals surface area contributed by atoms with Gasteiger partial charge in [-0.15, -0.1) is 0 Å². The molecule has 104 valence electrons. The molecule has 19 heavy (non-hydrogen) atoms. The number of rotatable bonds is 4. The van der Waals surface area contributed by atoms with Gasteiger partial charge in [0.1, 0.15) is 0 Å². The van der Waals surface area contributed by atoms with Crippen LogP contribution in [0.25, 0.3) is 0 Å². The third kappa shape index (κ3) is 2.58. The van der Waals surface area contributed by atoms with Gasteiger partial charge >= 0.3 is 0 Å². The van der Waals surface area contributed by atoms with Crippen molar-refractivity contribution in [2.24, 2.45) is 5.41 Å². The Morgan fingerprint density at radius 2 is 1.89 bits per heavy atom. The quantitative estimate of drug-likeness (QED) is 0.871. The molecule has 2 heteroatoms. The van der Waals surface area contributed by atoms with Crippen LogP contribution in [0.15, 0.2) is 18.2 Å². The van der Waals surface area contributed by atoms with Crippen molar-refractivity contribution in [2.75, 3.05) is 23.3 Å². The molecule has 0 bridgehead atoms. The van der Waals surface area contributed by atoms with Crippen LogP contribution in [-0.2, 0) is 0 Å². The van der Waals surface area contributed by atoms with E-state index in [2.05, 4.69) is 49.2 Å². The van der Waals surface area contributed by atoms with E-state index in [0.717, 1.165) is 0 Å². The molecule has 1 aromatic carbocycles. The van der Waals surface area contributed by atoms with Gasteiger partial charge < -0.3 is 10.2 Å². The van der Waals surface area contributed by atoms with Crippen LogP contribution in [0.4, 0.5) is 11.4 Å². The summed E-state index contributed by atoms with van der Waals surface area (Å²) in [6.45, 7) is 9.38. The molecule has 1 aliphatic heterocycles. The first kappa shape index (κ1) is 12.8. The van der Waals surface area contributed by atoms with Gasteiger partial charge in [0.2, 0.25) is 0 Å². The number of nitrogens with zero attached hydrogens (tertiary/aromatic N) is 1. The number of aryl methyl sites for hydroxylation is 1. The first-order valence-corrected chi connectivity index (χ1v) is 7.71. The second kappa shape index (κ2) is 4.73. The molecule has 2 aliphatic rings. The van der Waals surface area contributed by atoms with Crippen molar-refractivity contribution >= 4 is 11.4 Å². The molecule has 1 heterocycles. The molecule has 1 aliphatic carbocycles. The molecule has 1 saturated heterocycles. The Hall–Kier alpha value is -1.18. The number of anilines is 2. The molecular weight excluding hydrogens is 232 g/mol. The lowest BCUT2D eigenvalue weighted by Gasteiger charge is -2.24. The van der Waals surface area contributed by atoms with Crippen LogP contribution in [0.5, 0.6) is 0 Å². The summed E-state index contributed by atoms with van der Waals surface area (Å²) in [4.78, 5) is 2.50. The molecular formula is C17H26N2. The second-order valence-corrected chi connectivity index (χ2v) is 6.71. The number of benzene rings is 1. The Morgan fingerprint density at radius 3 is 2.47 bits per heavy atom. The lowest BCUT2D eigenvalue weighted by atomic mass is 10.00. The summed E-state index contributed by atoms with van der Waals surface area (Å²) in [6, 6.07) is 7.47. The SMILES string of the molecule is Cc1cc(N2CCCC2)ccc1NC(C)C1(C)CC1.